The van der Waals surface area contributed by atoms with Crippen molar-refractivity contribution in [3.05, 3.63) is 53.5 Å². The van der Waals surface area contributed by atoms with Crippen LogP contribution in [-0.4, -0.2) is 30.1 Å². The van der Waals surface area contributed by atoms with Crippen LogP contribution in [-0.2, 0) is 4.74 Å². The van der Waals surface area contributed by atoms with Crippen LogP contribution in [0.4, 0.5) is 25.5 Å². The van der Waals surface area contributed by atoms with Crippen LogP contribution in [0.25, 0.3) is 0 Å². The minimum atomic E-state index is -0.879. The van der Waals surface area contributed by atoms with E-state index in [0.717, 1.165) is 7.11 Å². The lowest BCUT2D eigenvalue weighted by molar-refractivity contribution is 0.182. The Morgan fingerprint density at radius 3 is 2.67 bits per heavy atom. The van der Waals surface area contributed by atoms with Gasteiger partial charge in [0.1, 0.15) is 17.5 Å². The summed E-state index contributed by atoms with van der Waals surface area (Å²) in [7, 11) is 1.16. The summed E-state index contributed by atoms with van der Waals surface area (Å²) in [5.41, 5.74) is 12.2. The van der Waals surface area contributed by atoms with Crippen molar-refractivity contribution < 1.29 is 18.7 Å². The van der Waals surface area contributed by atoms with Gasteiger partial charge >= 0.3 is 12.1 Å². The van der Waals surface area contributed by atoms with Gasteiger partial charge in [0, 0.05) is 23.5 Å². The van der Waals surface area contributed by atoms with E-state index < -0.39 is 24.0 Å². The van der Waals surface area contributed by atoms with Crippen LogP contribution in [0.1, 0.15) is 24.1 Å². The molecule has 0 aliphatic heterocycles. The third kappa shape index (κ3) is 5.14. The van der Waals surface area contributed by atoms with E-state index in [0.29, 0.717) is 5.56 Å². The summed E-state index contributed by atoms with van der Waals surface area (Å²) >= 11 is 0. The summed E-state index contributed by atoms with van der Waals surface area (Å²) in [6.45, 7) is 1.65. The number of halogens is 1. The zero-order valence-electron chi connectivity index (χ0n) is 14.7. The summed E-state index contributed by atoms with van der Waals surface area (Å²) in [6.07, 6.45) is 0.378. The van der Waals surface area contributed by atoms with Crippen LogP contribution in [0.3, 0.4) is 0 Å². The molecule has 27 heavy (non-hydrogen) atoms. The zero-order valence-corrected chi connectivity index (χ0v) is 14.7. The van der Waals surface area contributed by atoms with Gasteiger partial charge in [-0.15, -0.1) is 0 Å². The molecule has 0 spiro atoms. The molecule has 0 radical (unpaired) electrons. The van der Waals surface area contributed by atoms with E-state index in [-0.39, 0.29) is 22.9 Å². The second-order valence-electron chi connectivity index (χ2n) is 5.47. The minimum Gasteiger partial charge on any atom is -0.451 e. The average Bonchev–Trinajstić information content (AvgIpc) is 2.61. The molecule has 9 nitrogen and oxygen atoms in total. The van der Waals surface area contributed by atoms with Crippen LogP contribution in [0.5, 0.6) is 0 Å². The molecule has 1 aromatic heterocycles. The number of benzene rings is 1. The molecule has 0 saturated carbocycles. The van der Waals surface area contributed by atoms with Gasteiger partial charge in [-0.3, -0.25) is 5.32 Å². The van der Waals surface area contributed by atoms with E-state index in [4.69, 9.17) is 11.5 Å². The highest BCUT2D eigenvalue weighted by Crippen LogP contribution is 2.17. The smallest absolute Gasteiger partial charge is 0.435 e. The van der Waals surface area contributed by atoms with Gasteiger partial charge in [-0.2, -0.15) is 4.99 Å². The maximum atomic E-state index is 13.7. The van der Waals surface area contributed by atoms with Crippen LogP contribution < -0.4 is 22.1 Å². The molecular formula is C17H19FN6O3. The highest BCUT2D eigenvalue weighted by molar-refractivity contribution is 6.06. The Labute approximate surface area is 154 Å². The summed E-state index contributed by atoms with van der Waals surface area (Å²) in [4.78, 5) is 30.7. The maximum Gasteiger partial charge on any atom is 0.435 e. The number of ether oxygens (including phenoxy) is 1. The van der Waals surface area contributed by atoms with Gasteiger partial charge in [0.2, 0.25) is 0 Å². The van der Waals surface area contributed by atoms with Crippen molar-refractivity contribution in [1.82, 2.24) is 10.3 Å². The van der Waals surface area contributed by atoms with E-state index >= 15 is 0 Å². The molecule has 0 aliphatic rings. The quantitative estimate of drug-likeness (QED) is 0.477. The first-order valence-corrected chi connectivity index (χ1v) is 7.81. The molecule has 6 N–H and O–H groups in total. The highest BCUT2D eigenvalue weighted by atomic mass is 19.1. The van der Waals surface area contributed by atoms with Gasteiger partial charge in [-0.25, -0.2) is 19.0 Å². The monoisotopic (exact) mass is 374 g/mol. The molecule has 2 rings (SSSR count). The number of aromatic nitrogens is 1. The van der Waals surface area contributed by atoms with Gasteiger partial charge in [-0.05, 0) is 13.0 Å². The lowest BCUT2D eigenvalue weighted by Crippen LogP contribution is -2.32. The number of amidine groups is 1. The van der Waals surface area contributed by atoms with Crippen LogP contribution in [0, 0.1) is 5.82 Å². The molecule has 1 atom stereocenters. The van der Waals surface area contributed by atoms with Gasteiger partial charge < -0.3 is 21.5 Å². The van der Waals surface area contributed by atoms with Crippen molar-refractivity contribution in [1.29, 1.82) is 0 Å². The standard InChI is InChI=1S/C17H19FN6O3/c1-9(10-5-3-4-6-12(10)18)22-16(25)23-14-7-13(19)11(8-21-14)15(20)24-17(26)27-2/h3-9H,1-2H3,(H2,20,24,26)(H4,19,21,22,23,25). The van der Waals surface area contributed by atoms with Gasteiger partial charge in [0.05, 0.1) is 18.7 Å². The fraction of sp³-hybridized carbons (Fsp3) is 0.176. The summed E-state index contributed by atoms with van der Waals surface area (Å²) in [6, 6.07) is 6.32. The molecule has 142 valence electrons. The third-order valence-electron chi connectivity index (χ3n) is 3.56. The van der Waals surface area contributed by atoms with Crippen LogP contribution in [0.2, 0.25) is 0 Å². The topological polar surface area (TPSA) is 145 Å². The maximum absolute atomic E-state index is 13.7. The Hall–Kier alpha value is -3.69. The van der Waals surface area contributed by atoms with E-state index in [1.165, 1.54) is 18.3 Å². The predicted molar refractivity (Wildman–Crippen MR) is 98.7 cm³/mol. The van der Waals surface area contributed by atoms with Crippen molar-refractivity contribution >= 4 is 29.5 Å². The van der Waals surface area contributed by atoms with Gasteiger partial charge in [0.25, 0.3) is 0 Å². The molecular weight excluding hydrogens is 355 g/mol. The molecule has 1 heterocycles. The number of nitrogens with one attached hydrogen (secondary N) is 2. The molecule has 1 unspecified atom stereocenters. The second kappa shape index (κ2) is 8.61. The summed E-state index contributed by atoms with van der Waals surface area (Å²) in [5.74, 6) is -0.450. The Morgan fingerprint density at radius 2 is 2.04 bits per heavy atom. The van der Waals surface area contributed by atoms with Gasteiger partial charge in [-0.1, -0.05) is 18.2 Å². The number of amides is 3. The molecule has 3 amide bonds. The number of rotatable bonds is 4. The van der Waals surface area contributed by atoms with Gasteiger partial charge in [0.15, 0.2) is 0 Å². The van der Waals surface area contributed by atoms with Crippen LogP contribution >= 0.6 is 0 Å². The summed E-state index contributed by atoms with van der Waals surface area (Å²) in [5, 5.41) is 5.08. The largest absolute Gasteiger partial charge is 0.451 e. The van der Waals surface area contributed by atoms with Crippen molar-refractivity contribution in [3.8, 4) is 0 Å². The van der Waals surface area contributed by atoms with Crippen molar-refractivity contribution in [2.24, 2.45) is 10.7 Å². The number of pyridine rings is 1. The molecule has 1 aromatic carbocycles. The number of nitrogens with zero attached hydrogens (tertiary/aromatic N) is 2. The number of nitrogens with two attached hydrogens (primary N) is 2. The lowest BCUT2D eigenvalue weighted by atomic mass is 10.1. The SMILES string of the molecule is COC(=O)N=C(N)c1cnc(NC(=O)NC(C)c2ccccc2F)cc1N. The van der Waals surface area contributed by atoms with E-state index in [9.17, 15) is 14.0 Å². The summed E-state index contributed by atoms with van der Waals surface area (Å²) < 4.78 is 18.1. The Balaban J connectivity index is 2.06. The Morgan fingerprint density at radius 1 is 1.33 bits per heavy atom. The fourth-order valence-corrected chi connectivity index (χ4v) is 2.21. The number of nitrogen functional groups attached to an aromatic ring is 1. The van der Waals surface area contributed by atoms with Crippen molar-refractivity contribution in [3.63, 3.8) is 0 Å². The Bertz CT molecular complexity index is 887. The number of carbonyl (C=O) groups excluding carboxylic acids is 2. The number of hydrogen-bond acceptors (Lipinski definition) is 5. The van der Waals surface area contributed by atoms with Crippen molar-refractivity contribution in [2.45, 2.75) is 13.0 Å². The normalized spacial score (nSPS) is 12.2. The number of aliphatic imine (C=N–C) groups is 1. The highest BCUT2D eigenvalue weighted by Gasteiger charge is 2.14. The third-order valence-corrected chi connectivity index (χ3v) is 3.56. The second-order valence-corrected chi connectivity index (χ2v) is 5.47. The minimum absolute atomic E-state index is 0.139. The first-order valence-electron chi connectivity index (χ1n) is 7.81. The Kier molecular flexibility index (Phi) is 6.26. The number of methoxy groups -OCH3 is 1. The molecule has 10 heteroatoms. The first kappa shape index (κ1) is 19.6. The number of carbonyl (C=O) groups is 2. The first-order chi connectivity index (χ1) is 12.8. The number of urea groups is 1. The molecule has 0 aliphatic carbocycles. The van der Waals surface area contributed by atoms with Crippen molar-refractivity contribution in [2.75, 3.05) is 18.2 Å². The molecule has 2 aromatic rings. The zero-order chi connectivity index (χ0) is 20.0. The van der Waals surface area contributed by atoms with E-state index in [1.807, 2.05) is 0 Å². The molecule has 0 saturated heterocycles. The van der Waals surface area contributed by atoms with Crippen LogP contribution in [0.15, 0.2) is 41.5 Å². The van der Waals surface area contributed by atoms with E-state index in [2.05, 4.69) is 25.3 Å². The average molecular weight is 374 g/mol. The fourth-order valence-electron chi connectivity index (χ4n) is 2.21. The predicted octanol–water partition coefficient (Wildman–Crippen LogP) is 2.16. The molecule has 0 fully saturated rings. The number of hydrogen-bond donors (Lipinski definition) is 4. The molecule has 0 bridgehead atoms. The lowest BCUT2D eigenvalue weighted by Gasteiger charge is -2.15. The number of anilines is 2. The van der Waals surface area contributed by atoms with E-state index in [1.54, 1.807) is 25.1 Å².